The lowest BCUT2D eigenvalue weighted by Crippen LogP contribution is -2.18. The third-order valence-corrected chi connectivity index (χ3v) is 2.98. The van der Waals surface area contributed by atoms with Gasteiger partial charge in [-0.05, 0) is 12.1 Å². The third kappa shape index (κ3) is 1.55. The summed E-state index contributed by atoms with van der Waals surface area (Å²) in [5.41, 5.74) is 9.13. The normalized spacial score (nSPS) is 15.6. The molecule has 0 heterocycles. The van der Waals surface area contributed by atoms with Crippen molar-refractivity contribution in [1.29, 1.82) is 0 Å². The zero-order valence-electron chi connectivity index (χ0n) is 7.95. The first-order valence-electron chi connectivity index (χ1n) is 4.34. The van der Waals surface area contributed by atoms with Crippen molar-refractivity contribution in [2.75, 3.05) is 0 Å². The van der Waals surface area contributed by atoms with Crippen LogP contribution in [0, 0.1) is 0 Å². The molecule has 0 aliphatic heterocycles. The van der Waals surface area contributed by atoms with Crippen molar-refractivity contribution < 1.29 is 18.3 Å². The Bertz CT molecular complexity index is 586. The highest BCUT2D eigenvalue weighted by atomic mass is 32.2. The Hall–Kier alpha value is -1.88. The van der Waals surface area contributed by atoms with Gasteiger partial charge >= 0.3 is 5.71 Å². The predicted molar refractivity (Wildman–Crippen MR) is 57.5 cm³/mol. The largest absolute Gasteiger partial charge is 0.362 e. The zero-order valence-corrected chi connectivity index (χ0v) is 8.77. The lowest BCUT2D eigenvalue weighted by Gasteiger charge is -2.09. The number of rotatable bonds is 1. The van der Waals surface area contributed by atoms with Crippen LogP contribution in [-0.2, 0) is 11.1 Å². The monoisotopic (exact) mass is 234 g/mol. The minimum absolute atomic E-state index is 0.0895. The molecule has 1 aliphatic rings. The Morgan fingerprint density at radius 2 is 2.06 bits per heavy atom. The van der Waals surface area contributed by atoms with Gasteiger partial charge < -0.3 is 10.1 Å². The molecule has 0 aromatic heterocycles. The maximum Gasteiger partial charge on any atom is 0.362 e. The number of allylic oxidation sites excluding steroid dienone is 1. The predicted octanol–water partition coefficient (Wildman–Crippen LogP) is 1.15. The van der Waals surface area contributed by atoms with Crippen LogP contribution in [0.5, 0.6) is 0 Å². The van der Waals surface area contributed by atoms with E-state index in [9.17, 15) is 9.00 Å². The summed E-state index contributed by atoms with van der Waals surface area (Å²) < 4.78 is 20.1. The van der Waals surface area contributed by atoms with Gasteiger partial charge in [-0.3, -0.25) is 4.79 Å². The number of nitrogens with zero attached hydrogens (tertiary/aromatic N) is 2. The molecule has 6 heteroatoms. The fraction of sp³-hybridized carbons (Fsp3) is 0. The summed E-state index contributed by atoms with van der Waals surface area (Å²) in [5, 5.41) is 0. The Kier molecular flexibility index (Phi) is 2.62. The summed E-state index contributed by atoms with van der Waals surface area (Å²) in [6.45, 7) is 0. The van der Waals surface area contributed by atoms with Crippen LogP contribution < -0.4 is 0 Å². The molecule has 0 saturated heterocycles. The van der Waals surface area contributed by atoms with Crippen molar-refractivity contribution in [1.82, 2.24) is 0 Å². The summed E-state index contributed by atoms with van der Waals surface area (Å²) >= 11 is -2.15. The van der Waals surface area contributed by atoms with Crippen LogP contribution >= 0.6 is 0 Å². The first kappa shape index (κ1) is 10.6. The van der Waals surface area contributed by atoms with Crippen molar-refractivity contribution in [2.24, 2.45) is 0 Å². The zero-order chi connectivity index (χ0) is 11.7. The molecule has 1 N–H and O–H groups in total. The van der Waals surface area contributed by atoms with Crippen molar-refractivity contribution >= 4 is 28.7 Å². The van der Waals surface area contributed by atoms with E-state index in [-0.39, 0.29) is 16.2 Å². The average Bonchev–Trinajstić information content (AvgIpc) is 2.29. The lowest BCUT2D eigenvalue weighted by atomic mass is 9.95. The van der Waals surface area contributed by atoms with Crippen LogP contribution in [0.3, 0.4) is 0 Å². The van der Waals surface area contributed by atoms with Gasteiger partial charge in [0.25, 0.3) is 5.78 Å². The fourth-order valence-corrected chi connectivity index (χ4v) is 2.08. The van der Waals surface area contributed by atoms with Gasteiger partial charge in [0, 0.05) is 17.2 Å². The molecule has 0 radical (unpaired) electrons. The Labute approximate surface area is 93.3 Å². The molecule has 1 aromatic rings. The molecule has 1 unspecified atom stereocenters. The van der Waals surface area contributed by atoms with Gasteiger partial charge in [-0.1, -0.05) is 12.1 Å². The summed E-state index contributed by atoms with van der Waals surface area (Å²) in [5.74, 6) is -0.465. The van der Waals surface area contributed by atoms with Crippen LogP contribution in [0.2, 0.25) is 0 Å². The van der Waals surface area contributed by atoms with E-state index in [1.54, 1.807) is 0 Å². The van der Waals surface area contributed by atoms with Crippen LogP contribution in [0.25, 0.3) is 11.6 Å². The van der Waals surface area contributed by atoms with E-state index >= 15 is 0 Å². The van der Waals surface area contributed by atoms with Crippen LogP contribution in [0.1, 0.15) is 15.9 Å². The molecule has 16 heavy (non-hydrogen) atoms. The number of carbonyl (C=O) groups excluding carboxylic acids is 1. The molecule has 1 aromatic carbocycles. The number of ketones is 1. The Morgan fingerprint density at radius 1 is 1.31 bits per heavy atom. The minimum Gasteiger partial charge on any atom is -0.361 e. The molecule has 80 valence electrons. The van der Waals surface area contributed by atoms with E-state index < -0.39 is 16.9 Å². The van der Waals surface area contributed by atoms with E-state index in [2.05, 4.69) is 4.79 Å². The SMILES string of the molecule is [N-]=[N+]=C1C=Cc2c(cccc2S(=O)O)C1=O. The first-order chi connectivity index (χ1) is 7.65. The second kappa shape index (κ2) is 3.94. The molecule has 1 atom stereocenters. The maximum atomic E-state index is 11.7. The van der Waals surface area contributed by atoms with Crippen molar-refractivity contribution in [2.45, 2.75) is 4.90 Å². The molecule has 5 nitrogen and oxygen atoms in total. The third-order valence-electron chi connectivity index (χ3n) is 2.25. The van der Waals surface area contributed by atoms with Gasteiger partial charge in [0.05, 0.1) is 4.90 Å². The smallest absolute Gasteiger partial charge is 0.361 e. The van der Waals surface area contributed by atoms with Gasteiger partial charge in [0.2, 0.25) is 0 Å². The number of fused-ring (bicyclic) bond motifs is 1. The molecule has 0 bridgehead atoms. The topological polar surface area (TPSA) is 90.8 Å². The number of Topliss-reactive ketones (excluding diaryl/α,β-unsaturated/α-hetero) is 1. The molecule has 2 rings (SSSR count). The number of hydrogen-bond acceptors (Lipinski definition) is 2. The molecular formula is C10H6N2O3S. The van der Waals surface area contributed by atoms with Crippen LogP contribution in [0.15, 0.2) is 29.2 Å². The van der Waals surface area contributed by atoms with Gasteiger partial charge in [-0.2, -0.15) is 4.79 Å². The highest BCUT2D eigenvalue weighted by Gasteiger charge is 2.27. The Balaban J connectivity index is 2.73. The van der Waals surface area contributed by atoms with E-state index in [1.807, 2.05) is 0 Å². The molecule has 0 saturated carbocycles. The number of carbonyl (C=O) groups is 1. The summed E-state index contributed by atoms with van der Waals surface area (Å²) in [6, 6.07) is 4.49. The molecular weight excluding hydrogens is 228 g/mol. The van der Waals surface area contributed by atoms with Gasteiger partial charge in [-0.25, -0.2) is 4.21 Å². The van der Waals surface area contributed by atoms with Crippen LogP contribution in [-0.4, -0.2) is 25.0 Å². The van der Waals surface area contributed by atoms with Gasteiger partial charge in [0.1, 0.15) is 0 Å². The fourth-order valence-electron chi connectivity index (χ4n) is 1.52. The van der Waals surface area contributed by atoms with Crippen molar-refractivity contribution in [3.8, 4) is 0 Å². The minimum atomic E-state index is -2.15. The maximum absolute atomic E-state index is 11.7. The standard InChI is InChI=1S/C10H6N2O3S/c11-12-8-5-4-6-7(10(8)13)2-1-3-9(6)16(14)15/h1-5H,(H,14,15). The summed E-state index contributed by atoms with van der Waals surface area (Å²) in [4.78, 5) is 14.7. The molecule has 0 fully saturated rings. The average molecular weight is 234 g/mol. The highest BCUT2D eigenvalue weighted by Crippen LogP contribution is 2.23. The van der Waals surface area contributed by atoms with E-state index in [1.165, 1.54) is 30.4 Å². The van der Waals surface area contributed by atoms with E-state index in [4.69, 9.17) is 10.1 Å². The van der Waals surface area contributed by atoms with Crippen molar-refractivity contribution in [3.05, 3.63) is 40.9 Å². The lowest BCUT2D eigenvalue weighted by molar-refractivity contribution is -0.00436. The van der Waals surface area contributed by atoms with Gasteiger partial charge in [-0.15, -0.1) is 0 Å². The second-order valence-electron chi connectivity index (χ2n) is 3.11. The first-order valence-corrected chi connectivity index (χ1v) is 5.44. The molecule has 1 aliphatic carbocycles. The summed E-state index contributed by atoms with van der Waals surface area (Å²) in [6.07, 6.45) is 2.79. The van der Waals surface area contributed by atoms with Crippen LogP contribution in [0.4, 0.5) is 0 Å². The summed E-state index contributed by atoms with van der Waals surface area (Å²) in [7, 11) is 0. The Morgan fingerprint density at radius 3 is 2.69 bits per heavy atom. The second-order valence-corrected chi connectivity index (χ2v) is 4.05. The number of benzene rings is 1. The van der Waals surface area contributed by atoms with Crippen molar-refractivity contribution in [3.63, 3.8) is 0 Å². The molecule has 0 amide bonds. The van der Waals surface area contributed by atoms with E-state index in [0.29, 0.717) is 5.56 Å². The van der Waals surface area contributed by atoms with E-state index in [0.717, 1.165) is 0 Å². The highest BCUT2D eigenvalue weighted by molar-refractivity contribution is 7.79. The number of hydrogen-bond donors (Lipinski definition) is 1. The van der Waals surface area contributed by atoms with Gasteiger partial charge in [0.15, 0.2) is 11.1 Å². The molecule has 0 spiro atoms. The quantitative estimate of drug-likeness (QED) is 0.449.